The Kier molecular flexibility index (Phi) is 4.55. The molecule has 122 valence electrons. The molecule has 2 aromatic rings. The number of anilines is 2. The predicted octanol–water partition coefficient (Wildman–Crippen LogP) is 2.46. The van der Waals surface area contributed by atoms with Crippen LogP contribution in [0.5, 0.6) is 5.75 Å². The van der Waals surface area contributed by atoms with E-state index in [-0.39, 0.29) is 22.7 Å². The number of nitrogens with one attached hydrogen (secondary N) is 2. The van der Waals surface area contributed by atoms with Crippen molar-refractivity contribution in [3.8, 4) is 5.75 Å². The summed E-state index contributed by atoms with van der Waals surface area (Å²) in [6.45, 7) is 1.79. The largest absolute Gasteiger partial charge is 0.506 e. The number of sulfonamides is 1. The first kappa shape index (κ1) is 16.8. The predicted molar refractivity (Wildman–Crippen MR) is 85.7 cm³/mol. The van der Waals surface area contributed by atoms with Crippen molar-refractivity contribution in [1.82, 2.24) is 0 Å². The number of hydrogen-bond acceptors (Lipinski definition) is 4. The monoisotopic (exact) mass is 338 g/mol. The summed E-state index contributed by atoms with van der Waals surface area (Å²) < 4.78 is 38.0. The number of benzene rings is 2. The molecule has 0 bridgehead atoms. The molecule has 0 aliphatic carbocycles. The second kappa shape index (κ2) is 6.25. The first-order chi connectivity index (χ1) is 10.7. The molecule has 2 rings (SSSR count). The van der Waals surface area contributed by atoms with Gasteiger partial charge in [-0.1, -0.05) is 6.07 Å². The Labute approximate surface area is 133 Å². The number of amides is 1. The van der Waals surface area contributed by atoms with E-state index in [4.69, 9.17) is 0 Å². The number of carbonyl (C=O) groups excluding carboxylic acids is 1. The molecule has 0 unspecified atom stereocenters. The van der Waals surface area contributed by atoms with Crippen LogP contribution in [0.25, 0.3) is 0 Å². The van der Waals surface area contributed by atoms with E-state index in [0.717, 1.165) is 24.0 Å². The third-order valence-electron chi connectivity index (χ3n) is 2.93. The lowest BCUT2D eigenvalue weighted by atomic mass is 10.1. The van der Waals surface area contributed by atoms with Crippen LogP contribution in [0.3, 0.4) is 0 Å². The summed E-state index contributed by atoms with van der Waals surface area (Å²) in [4.78, 5) is 12.2. The van der Waals surface area contributed by atoms with E-state index in [1.54, 1.807) is 13.0 Å². The van der Waals surface area contributed by atoms with Crippen molar-refractivity contribution in [3.05, 3.63) is 53.3 Å². The summed E-state index contributed by atoms with van der Waals surface area (Å²) in [6, 6.07) is 7.99. The molecule has 2 aromatic carbocycles. The Bertz CT molecular complexity index is 866. The van der Waals surface area contributed by atoms with Crippen molar-refractivity contribution in [2.45, 2.75) is 6.92 Å². The number of aryl methyl sites for hydroxylation is 1. The minimum absolute atomic E-state index is 0.0394. The van der Waals surface area contributed by atoms with Gasteiger partial charge in [0.2, 0.25) is 10.0 Å². The molecule has 0 heterocycles. The van der Waals surface area contributed by atoms with E-state index < -0.39 is 21.7 Å². The number of halogens is 1. The number of hydrogen-bond donors (Lipinski definition) is 3. The molecule has 8 heteroatoms. The van der Waals surface area contributed by atoms with Crippen molar-refractivity contribution in [1.29, 1.82) is 0 Å². The van der Waals surface area contributed by atoms with E-state index in [1.165, 1.54) is 18.2 Å². The van der Waals surface area contributed by atoms with Crippen molar-refractivity contribution >= 4 is 27.3 Å². The van der Waals surface area contributed by atoms with Crippen molar-refractivity contribution < 1.29 is 22.7 Å². The Morgan fingerprint density at radius 1 is 1.13 bits per heavy atom. The highest BCUT2D eigenvalue weighted by molar-refractivity contribution is 7.92. The molecule has 0 aliphatic rings. The van der Waals surface area contributed by atoms with Crippen molar-refractivity contribution in [2.75, 3.05) is 16.3 Å². The standard InChI is InChI=1S/C15H15FN2O4S/c1-9-3-6-12(14(19)7-9)17-15(20)10-4-5-11(16)13(8-10)18-23(2,21)22/h3-8,18-19H,1-2H3,(H,17,20). The first-order valence-corrected chi connectivity index (χ1v) is 8.43. The molecule has 3 N–H and O–H groups in total. The van der Waals surface area contributed by atoms with Gasteiger partial charge in [-0.25, -0.2) is 12.8 Å². The SMILES string of the molecule is Cc1ccc(NC(=O)c2ccc(F)c(NS(C)(=O)=O)c2)c(O)c1. The third kappa shape index (κ3) is 4.43. The number of phenols is 1. The molecule has 0 radical (unpaired) electrons. The summed E-state index contributed by atoms with van der Waals surface area (Å²) in [5.74, 6) is -1.51. The van der Waals surface area contributed by atoms with Crippen molar-refractivity contribution in [3.63, 3.8) is 0 Å². The van der Waals surface area contributed by atoms with Crippen LogP contribution in [0.1, 0.15) is 15.9 Å². The quantitative estimate of drug-likeness (QED) is 0.746. The minimum atomic E-state index is -3.67. The van der Waals surface area contributed by atoms with Gasteiger partial charge in [0.05, 0.1) is 17.6 Å². The van der Waals surface area contributed by atoms with Crippen LogP contribution < -0.4 is 10.0 Å². The maximum absolute atomic E-state index is 13.6. The Hall–Kier alpha value is -2.61. The van der Waals surface area contributed by atoms with Gasteiger partial charge in [0, 0.05) is 5.56 Å². The molecule has 0 aromatic heterocycles. The maximum atomic E-state index is 13.6. The van der Waals surface area contributed by atoms with E-state index in [0.29, 0.717) is 0 Å². The zero-order valence-corrected chi connectivity index (χ0v) is 13.2. The second-order valence-electron chi connectivity index (χ2n) is 5.04. The fraction of sp³-hybridized carbons (Fsp3) is 0.133. The fourth-order valence-corrected chi connectivity index (χ4v) is 2.44. The van der Waals surface area contributed by atoms with Gasteiger partial charge in [-0.3, -0.25) is 9.52 Å². The minimum Gasteiger partial charge on any atom is -0.506 e. The van der Waals surface area contributed by atoms with Gasteiger partial charge in [0.1, 0.15) is 11.6 Å². The van der Waals surface area contributed by atoms with Gasteiger partial charge < -0.3 is 10.4 Å². The topological polar surface area (TPSA) is 95.5 Å². The fourth-order valence-electron chi connectivity index (χ4n) is 1.89. The highest BCUT2D eigenvalue weighted by Crippen LogP contribution is 2.25. The average molecular weight is 338 g/mol. The van der Waals surface area contributed by atoms with Crippen LogP contribution in [-0.2, 0) is 10.0 Å². The molecule has 23 heavy (non-hydrogen) atoms. The lowest BCUT2D eigenvalue weighted by molar-refractivity contribution is 0.102. The van der Waals surface area contributed by atoms with Gasteiger partial charge in [-0.2, -0.15) is 0 Å². The summed E-state index contributed by atoms with van der Waals surface area (Å²) in [5, 5.41) is 12.2. The highest BCUT2D eigenvalue weighted by Gasteiger charge is 2.14. The van der Waals surface area contributed by atoms with Crippen LogP contribution in [0.2, 0.25) is 0 Å². The molecule has 0 fully saturated rings. The van der Waals surface area contributed by atoms with Gasteiger partial charge in [0.25, 0.3) is 5.91 Å². The molecular weight excluding hydrogens is 323 g/mol. The number of phenolic OH excluding ortho intramolecular Hbond substituents is 1. The maximum Gasteiger partial charge on any atom is 0.255 e. The zero-order valence-electron chi connectivity index (χ0n) is 12.4. The normalized spacial score (nSPS) is 11.1. The number of rotatable bonds is 4. The molecular formula is C15H15FN2O4S. The first-order valence-electron chi connectivity index (χ1n) is 6.54. The second-order valence-corrected chi connectivity index (χ2v) is 6.79. The van der Waals surface area contributed by atoms with Crippen LogP contribution in [0.4, 0.5) is 15.8 Å². The highest BCUT2D eigenvalue weighted by atomic mass is 32.2. The zero-order chi connectivity index (χ0) is 17.2. The van der Waals surface area contributed by atoms with Crippen LogP contribution in [-0.4, -0.2) is 25.7 Å². The van der Waals surface area contributed by atoms with Gasteiger partial charge in [-0.15, -0.1) is 0 Å². The Morgan fingerprint density at radius 2 is 1.83 bits per heavy atom. The van der Waals surface area contributed by atoms with Crippen LogP contribution in [0, 0.1) is 12.7 Å². The van der Waals surface area contributed by atoms with Crippen LogP contribution in [0.15, 0.2) is 36.4 Å². The van der Waals surface area contributed by atoms with E-state index >= 15 is 0 Å². The number of carbonyl (C=O) groups is 1. The van der Waals surface area contributed by atoms with E-state index in [2.05, 4.69) is 5.32 Å². The smallest absolute Gasteiger partial charge is 0.255 e. The third-order valence-corrected chi connectivity index (χ3v) is 3.52. The summed E-state index contributed by atoms with van der Waals surface area (Å²) in [5.41, 5.74) is 0.732. The lowest BCUT2D eigenvalue weighted by Crippen LogP contribution is -2.15. The lowest BCUT2D eigenvalue weighted by Gasteiger charge is -2.10. The van der Waals surface area contributed by atoms with Gasteiger partial charge in [-0.05, 0) is 42.8 Å². The van der Waals surface area contributed by atoms with Crippen LogP contribution >= 0.6 is 0 Å². The molecule has 0 saturated heterocycles. The Morgan fingerprint density at radius 3 is 2.43 bits per heavy atom. The molecule has 0 saturated carbocycles. The Balaban J connectivity index is 2.27. The molecule has 0 spiro atoms. The van der Waals surface area contributed by atoms with Gasteiger partial charge in [0.15, 0.2) is 0 Å². The number of aromatic hydroxyl groups is 1. The molecule has 1 amide bonds. The average Bonchev–Trinajstić information content (AvgIpc) is 2.42. The molecule has 0 aliphatic heterocycles. The molecule has 6 nitrogen and oxygen atoms in total. The summed E-state index contributed by atoms with van der Waals surface area (Å²) in [7, 11) is -3.67. The summed E-state index contributed by atoms with van der Waals surface area (Å²) >= 11 is 0. The molecule has 0 atom stereocenters. The van der Waals surface area contributed by atoms with Gasteiger partial charge >= 0.3 is 0 Å². The summed E-state index contributed by atoms with van der Waals surface area (Å²) in [6.07, 6.45) is 0.878. The van der Waals surface area contributed by atoms with E-state index in [1.807, 2.05) is 4.72 Å². The van der Waals surface area contributed by atoms with E-state index in [9.17, 15) is 22.7 Å². The van der Waals surface area contributed by atoms with Crippen molar-refractivity contribution in [2.24, 2.45) is 0 Å².